The van der Waals surface area contributed by atoms with Crippen LogP contribution in [0.15, 0.2) is 6.33 Å². The standard InChI is InChI=1S/C3H5N5.ClH/c4-2-6-1-7-3(5)8-2;/h1H,(H4,4,5,6,7,8);1H. The molecule has 0 aliphatic rings. The molecule has 1 rings (SSSR count). The van der Waals surface area contributed by atoms with Gasteiger partial charge in [0.25, 0.3) is 0 Å². The maximum absolute atomic E-state index is 5.12. The molecular formula is C3H6ClN5. The summed E-state index contributed by atoms with van der Waals surface area (Å²) in [4.78, 5) is 10.5. The Hall–Kier alpha value is -1.10. The Balaban J connectivity index is 0.000000640. The van der Waals surface area contributed by atoms with Crippen LogP contribution in [-0.4, -0.2) is 15.0 Å². The molecule has 0 fully saturated rings. The fraction of sp³-hybridized carbons (Fsp3) is 0. The van der Waals surface area contributed by atoms with Gasteiger partial charge in [-0.2, -0.15) is 4.98 Å². The van der Waals surface area contributed by atoms with Crippen LogP contribution in [0, 0.1) is 0 Å². The third-order valence-electron chi connectivity index (χ3n) is 0.609. The van der Waals surface area contributed by atoms with E-state index in [1.165, 1.54) is 6.33 Å². The lowest BCUT2D eigenvalue weighted by Gasteiger charge is -1.88. The molecule has 9 heavy (non-hydrogen) atoms. The lowest BCUT2D eigenvalue weighted by atomic mass is 10.9. The van der Waals surface area contributed by atoms with Gasteiger partial charge in [0.15, 0.2) is 0 Å². The second-order valence-corrected chi connectivity index (χ2v) is 1.20. The zero-order valence-electron chi connectivity index (χ0n) is 4.48. The zero-order valence-corrected chi connectivity index (χ0v) is 5.30. The Morgan fingerprint density at radius 2 is 1.56 bits per heavy atom. The lowest BCUT2D eigenvalue weighted by Crippen LogP contribution is -2.00. The van der Waals surface area contributed by atoms with Crippen LogP contribution in [0.25, 0.3) is 0 Å². The third kappa shape index (κ3) is 2.09. The molecule has 0 bridgehead atoms. The number of anilines is 2. The van der Waals surface area contributed by atoms with Gasteiger partial charge in [-0.1, -0.05) is 0 Å². The molecular weight excluding hydrogens is 142 g/mol. The first-order valence-electron chi connectivity index (χ1n) is 1.99. The highest BCUT2D eigenvalue weighted by Gasteiger charge is 1.86. The van der Waals surface area contributed by atoms with Crippen molar-refractivity contribution in [2.24, 2.45) is 0 Å². The largest absolute Gasteiger partial charge is 0.368 e. The Labute approximate surface area is 57.9 Å². The van der Waals surface area contributed by atoms with E-state index >= 15 is 0 Å². The van der Waals surface area contributed by atoms with Crippen LogP contribution in [0.1, 0.15) is 0 Å². The van der Waals surface area contributed by atoms with Crippen LogP contribution < -0.4 is 11.5 Å². The smallest absolute Gasteiger partial charge is 0.224 e. The molecule has 0 aromatic carbocycles. The minimum absolute atomic E-state index is 0. The summed E-state index contributed by atoms with van der Waals surface area (Å²) in [6.45, 7) is 0. The molecule has 0 radical (unpaired) electrons. The van der Waals surface area contributed by atoms with Gasteiger partial charge in [0, 0.05) is 0 Å². The van der Waals surface area contributed by atoms with Crippen molar-refractivity contribution >= 4 is 24.3 Å². The fourth-order valence-corrected chi connectivity index (χ4v) is 0.322. The van der Waals surface area contributed by atoms with Gasteiger partial charge in [-0.3, -0.25) is 0 Å². The molecule has 5 nitrogen and oxygen atoms in total. The van der Waals surface area contributed by atoms with E-state index in [1.807, 2.05) is 0 Å². The van der Waals surface area contributed by atoms with Crippen molar-refractivity contribution in [2.75, 3.05) is 11.5 Å². The van der Waals surface area contributed by atoms with Crippen LogP contribution in [0.3, 0.4) is 0 Å². The lowest BCUT2D eigenvalue weighted by molar-refractivity contribution is 1.08. The number of nitrogen functional groups attached to an aromatic ring is 2. The number of hydrogen-bond acceptors (Lipinski definition) is 5. The predicted molar refractivity (Wildman–Crippen MR) is 35.9 cm³/mol. The van der Waals surface area contributed by atoms with Crippen LogP contribution in [-0.2, 0) is 0 Å². The first-order valence-corrected chi connectivity index (χ1v) is 1.99. The van der Waals surface area contributed by atoms with Crippen LogP contribution >= 0.6 is 12.4 Å². The number of rotatable bonds is 0. The average molecular weight is 148 g/mol. The maximum Gasteiger partial charge on any atom is 0.224 e. The number of nitrogens with zero attached hydrogens (tertiary/aromatic N) is 3. The van der Waals surface area contributed by atoms with E-state index in [-0.39, 0.29) is 24.3 Å². The summed E-state index contributed by atoms with van der Waals surface area (Å²) >= 11 is 0. The van der Waals surface area contributed by atoms with E-state index in [9.17, 15) is 0 Å². The minimum Gasteiger partial charge on any atom is -0.368 e. The van der Waals surface area contributed by atoms with Gasteiger partial charge in [0.1, 0.15) is 6.33 Å². The molecule has 0 aliphatic carbocycles. The van der Waals surface area contributed by atoms with E-state index in [0.29, 0.717) is 0 Å². The van der Waals surface area contributed by atoms with Crippen LogP contribution in [0.2, 0.25) is 0 Å². The summed E-state index contributed by atoms with van der Waals surface area (Å²) in [6, 6.07) is 0. The highest BCUT2D eigenvalue weighted by atomic mass is 35.5. The van der Waals surface area contributed by atoms with Gasteiger partial charge in [-0.05, 0) is 0 Å². The van der Waals surface area contributed by atoms with Crippen molar-refractivity contribution in [1.82, 2.24) is 15.0 Å². The summed E-state index contributed by atoms with van der Waals surface area (Å²) < 4.78 is 0. The predicted octanol–water partition coefficient (Wildman–Crippen LogP) is -0.542. The molecule has 1 heterocycles. The highest BCUT2D eigenvalue weighted by Crippen LogP contribution is 1.88. The van der Waals surface area contributed by atoms with Crippen molar-refractivity contribution in [1.29, 1.82) is 0 Å². The topological polar surface area (TPSA) is 90.7 Å². The van der Waals surface area contributed by atoms with Gasteiger partial charge in [0.05, 0.1) is 0 Å². The van der Waals surface area contributed by atoms with E-state index in [4.69, 9.17) is 11.5 Å². The van der Waals surface area contributed by atoms with Gasteiger partial charge < -0.3 is 11.5 Å². The molecule has 0 spiro atoms. The second kappa shape index (κ2) is 3.03. The Bertz CT molecular complexity index is 172. The van der Waals surface area contributed by atoms with E-state index in [2.05, 4.69) is 15.0 Å². The minimum atomic E-state index is 0. The van der Waals surface area contributed by atoms with Gasteiger partial charge >= 0.3 is 0 Å². The van der Waals surface area contributed by atoms with E-state index in [0.717, 1.165) is 0 Å². The molecule has 1 aromatic heterocycles. The number of halogens is 1. The molecule has 0 saturated carbocycles. The summed E-state index contributed by atoms with van der Waals surface area (Å²) in [5, 5.41) is 0. The van der Waals surface area contributed by atoms with Gasteiger partial charge in [-0.25, -0.2) is 9.97 Å². The molecule has 1 aromatic rings. The Kier molecular flexibility index (Phi) is 2.66. The van der Waals surface area contributed by atoms with Crippen molar-refractivity contribution in [3.63, 3.8) is 0 Å². The highest BCUT2D eigenvalue weighted by molar-refractivity contribution is 5.85. The van der Waals surface area contributed by atoms with Crippen molar-refractivity contribution in [3.05, 3.63) is 6.33 Å². The molecule has 4 N–H and O–H groups in total. The third-order valence-corrected chi connectivity index (χ3v) is 0.609. The second-order valence-electron chi connectivity index (χ2n) is 1.20. The maximum atomic E-state index is 5.12. The number of hydrogen-bond donors (Lipinski definition) is 2. The van der Waals surface area contributed by atoms with Gasteiger partial charge in [0.2, 0.25) is 11.9 Å². The monoisotopic (exact) mass is 147 g/mol. The van der Waals surface area contributed by atoms with Crippen LogP contribution in [0.4, 0.5) is 11.9 Å². The normalized spacial score (nSPS) is 8.00. The number of aromatic nitrogens is 3. The van der Waals surface area contributed by atoms with E-state index in [1.54, 1.807) is 0 Å². The average Bonchev–Trinajstić information content (AvgIpc) is 1.64. The van der Waals surface area contributed by atoms with E-state index < -0.39 is 0 Å². The quantitative estimate of drug-likeness (QED) is 0.514. The fourth-order valence-electron chi connectivity index (χ4n) is 0.322. The summed E-state index contributed by atoms with van der Waals surface area (Å²) in [6.07, 6.45) is 1.26. The number of nitrogens with two attached hydrogens (primary N) is 2. The van der Waals surface area contributed by atoms with Crippen molar-refractivity contribution in [3.8, 4) is 0 Å². The first kappa shape index (κ1) is 7.90. The summed E-state index contributed by atoms with van der Waals surface area (Å²) in [7, 11) is 0. The Morgan fingerprint density at radius 3 is 1.78 bits per heavy atom. The molecule has 6 heteroatoms. The molecule has 50 valence electrons. The van der Waals surface area contributed by atoms with Crippen LogP contribution in [0.5, 0.6) is 0 Å². The SMILES string of the molecule is Cl.Nc1ncnc(N)n1. The molecule has 0 saturated heterocycles. The zero-order chi connectivity index (χ0) is 5.98. The van der Waals surface area contributed by atoms with Gasteiger partial charge in [-0.15, -0.1) is 12.4 Å². The summed E-state index contributed by atoms with van der Waals surface area (Å²) in [5.74, 6) is 0.301. The molecule has 0 aliphatic heterocycles. The molecule has 0 unspecified atom stereocenters. The molecule has 0 amide bonds. The first-order chi connectivity index (χ1) is 3.79. The molecule has 0 atom stereocenters. The van der Waals surface area contributed by atoms with Crippen molar-refractivity contribution in [2.45, 2.75) is 0 Å². The summed E-state index contributed by atoms with van der Waals surface area (Å²) in [5.41, 5.74) is 10.2. The van der Waals surface area contributed by atoms with Crippen molar-refractivity contribution < 1.29 is 0 Å². The Morgan fingerprint density at radius 1 is 1.11 bits per heavy atom.